The van der Waals surface area contributed by atoms with Crippen LogP contribution in [0.4, 0.5) is 13.2 Å². The number of aliphatic imine (C=N–C) groups is 1. The van der Waals surface area contributed by atoms with Gasteiger partial charge >= 0.3 is 6.18 Å². The summed E-state index contributed by atoms with van der Waals surface area (Å²) in [6.07, 6.45) is 1.85. The van der Waals surface area contributed by atoms with E-state index in [1.165, 1.54) is 6.42 Å². The van der Waals surface area contributed by atoms with Crippen LogP contribution in [0.3, 0.4) is 0 Å². The average molecular weight is 430 g/mol. The van der Waals surface area contributed by atoms with Crippen LogP contribution in [0.5, 0.6) is 0 Å². The molecule has 3 saturated carbocycles. The second-order valence-corrected chi connectivity index (χ2v) is 10.6. The van der Waals surface area contributed by atoms with Crippen molar-refractivity contribution in [3.05, 3.63) is 0 Å². The summed E-state index contributed by atoms with van der Waals surface area (Å²) in [7, 11) is 0. The van der Waals surface area contributed by atoms with Crippen molar-refractivity contribution in [3.63, 3.8) is 0 Å². The number of fused-ring (bicyclic) bond motifs is 2. The van der Waals surface area contributed by atoms with Gasteiger partial charge < -0.3 is 10.2 Å². The van der Waals surface area contributed by atoms with E-state index in [9.17, 15) is 22.8 Å². The molecule has 0 aromatic heterocycles. The van der Waals surface area contributed by atoms with Crippen molar-refractivity contribution in [1.29, 1.82) is 0 Å². The third-order valence-corrected chi connectivity index (χ3v) is 9.02. The monoisotopic (exact) mass is 429 g/mol. The van der Waals surface area contributed by atoms with Gasteiger partial charge in [-0.05, 0) is 62.7 Å². The molecule has 5 nitrogen and oxygen atoms in total. The summed E-state index contributed by atoms with van der Waals surface area (Å²) in [6, 6.07) is 0.134. The average Bonchev–Trinajstić information content (AvgIpc) is 3.18. The number of amides is 2. The van der Waals surface area contributed by atoms with Crippen molar-refractivity contribution in [2.75, 3.05) is 13.1 Å². The van der Waals surface area contributed by atoms with Gasteiger partial charge in [0.15, 0.2) is 5.17 Å². The van der Waals surface area contributed by atoms with Crippen LogP contribution < -0.4 is 5.32 Å². The maximum absolute atomic E-state index is 14.3. The number of piperidine rings is 1. The number of halogens is 3. The van der Waals surface area contributed by atoms with Crippen molar-refractivity contribution in [2.45, 2.75) is 68.3 Å². The molecule has 2 aliphatic heterocycles. The zero-order chi connectivity index (χ0) is 20.4. The minimum absolute atomic E-state index is 0.0600. The lowest BCUT2D eigenvalue weighted by Gasteiger charge is -2.41. The van der Waals surface area contributed by atoms with Crippen molar-refractivity contribution in [3.8, 4) is 0 Å². The molecule has 2 heterocycles. The quantitative estimate of drug-likeness (QED) is 0.748. The molecule has 0 aromatic carbocycles. The third kappa shape index (κ3) is 3.27. The molecule has 5 aliphatic rings. The number of carbonyl (C=O) groups excluding carboxylic acids is 2. The Morgan fingerprint density at radius 3 is 2.38 bits per heavy atom. The number of thioether (sulfide) groups is 1. The fourth-order valence-electron chi connectivity index (χ4n) is 5.80. The van der Waals surface area contributed by atoms with Gasteiger partial charge in [-0.2, -0.15) is 18.2 Å². The minimum Gasteiger partial charge on any atom is -0.361 e. The first-order valence-electron chi connectivity index (χ1n) is 10.7. The standard InChI is InChI=1S/C20H26F3N3O2S/c21-20(22,23)19(14-5-7-26(8-6-14)16(27)12-3-4-12)17(28)25-18(29-19)24-15-10-11-1-2-13(15)9-11/h11-15H,1-10H2,(H,24,25,28)/t11-,13+,15+,19?/m1/s1. The third-order valence-electron chi connectivity index (χ3n) is 7.55. The van der Waals surface area contributed by atoms with E-state index in [1.807, 2.05) is 0 Å². The lowest BCUT2D eigenvalue weighted by molar-refractivity contribution is -0.180. The normalized spacial score (nSPS) is 37.9. The molecule has 2 amide bonds. The molecule has 1 unspecified atom stereocenters. The van der Waals surface area contributed by atoms with E-state index >= 15 is 0 Å². The van der Waals surface area contributed by atoms with Crippen molar-refractivity contribution in [1.82, 2.24) is 10.2 Å². The van der Waals surface area contributed by atoms with Gasteiger partial charge in [0.05, 0.1) is 0 Å². The molecular formula is C20H26F3N3O2S. The largest absolute Gasteiger partial charge is 0.412 e. The van der Waals surface area contributed by atoms with Crippen LogP contribution in [0.2, 0.25) is 0 Å². The molecule has 3 aliphatic carbocycles. The molecule has 4 atom stereocenters. The van der Waals surface area contributed by atoms with Crippen LogP contribution in [0.25, 0.3) is 0 Å². The number of carbonyl (C=O) groups is 2. The van der Waals surface area contributed by atoms with Crippen LogP contribution >= 0.6 is 11.8 Å². The van der Waals surface area contributed by atoms with E-state index in [1.54, 1.807) is 4.90 Å². The van der Waals surface area contributed by atoms with Crippen molar-refractivity contribution in [2.24, 2.45) is 28.7 Å². The van der Waals surface area contributed by atoms with Crippen LogP contribution in [0.1, 0.15) is 51.4 Å². The molecule has 29 heavy (non-hydrogen) atoms. The van der Waals surface area contributed by atoms with Crippen LogP contribution in [0, 0.1) is 23.7 Å². The maximum atomic E-state index is 14.3. The first-order chi connectivity index (χ1) is 13.8. The molecule has 1 saturated heterocycles. The Morgan fingerprint density at radius 1 is 1.10 bits per heavy atom. The summed E-state index contributed by atoms with van der Waals surface area (Å²) in [4.78, 5) is 30.4. The highest BCUT2D eigenvalue weighted by atomic mass is 32.2. The summed E-state index contributed by atoms with van der Waals surface area (Å²) in [5.41, 5.74) is 0. The SMILES string of the molecule is O=C(C1CC1)N1CCC(C2(C(F)(F)F)SC(N[C@H]3C[C@@H]4CC[C@H]3C4)=NC2=O)CC1. The minimum atomic E-state index is -4.68. The molecule has 5 rings (SSSR count). The second-order valence-electron chi connectivity index (χ2n) is 9.36. The van der Waals surface area contributed by atoms with Crippen molar-refractivity contribution >= 4 is 28.7 Å². The summed E-state index contributed by atoms with van der Waals surface area (Å²) in [5.74, 6) is -0.674. The van der Waals surface area contributed by atoms with Gasteiger partial charge in [-0.25, -0.2) is 0 Å². The molecule has 160 valence electrons. The van der Waals surface area contributed by atoms with E-state index < -0.39 is 22.7 Å². The number of nitrogens with one attached hydrogen (secondary N) is 1. The molecule has 1 N–H and O–H groups in total. The van der Waals surface area contributed by atoms with E-state index in [0.29, 0.717) is 36.7 Å². The van der Waals surface area contributed by atoms with E-state index in [2.05, 4.69) is 10.3 Å². The van der Waals surface area contributed by atoms with Crippen LogP contribution in [-0.4, -0.2) is 51.9 Å². The van der Waals surface area contributed by atoms with Gasteiger partial charge in [0.1, 0.15) is 0 Å². The molecule has 2 bridgehead atoms. The molecular weight excluding hydrogens is 403 g/mol. The predicted molar refractivity (Wildman–Crippen MR) is 103 cm³/mol. The molecule has 0 spiro atoms. The van der Waals surface area contributed by atoms with E-state index in [0.717, 1.165) is 32.1 Å². The van der Waals surface area contributed by atoms with E-state index in [4.69, 9.17) is 0 Å². The molecule has 9 heteroatoms. The number of hydrogen-bond acceptors (Lipinski definition) is 4. The Balaban J connectivity index is 1.29. The Bertz CT molecular complexity index is 746. The number of likely N-dealkylation sites (tertiary alicyclic amines) is 1. The lowest BCUT2D eigenvalue weighted by atomic mass is 9.82. The topological polar surface area (TPSA) is 61.8 Å². The Kier molecular flexibility index (Phi) is 4.68. The number of nitrogens with zero attached hydrogens (tertiary/aromatic N) is 2. The summed E-state index contributed by atoms with van der Waals surface area (Å²) >= 11 is 0.583. The van der Waals surface area contributed by atoms with Gasteiger partial charge in [-0.1, -0.05) is 18.2 Å². The first kappa shape index (κ1) is 19.7. The molecule has 4 fully saturated rings. The maximum Gasteiger partial charge on any atom is 0.412 e. The molecule has 0 aromatic rings. The summed E-state index contributed by atoms with van der Waals surface area (Å²) < 4.78 is 40.3. The fraction of sp³-hybridized carbons (Fsp3) is 0.850. The number of amidine groups is 1. The highest BCUT2D eigenvalue weighted by Crippen LogP contribution is 2.54. The van der Waals surface area contributed by atoms with E-state index in [-0.39, 0.29) is 35.9 Å². The first-order valence-corrected chi connectivity index (χ1v) is 11.5. The number of hydrogen-bond donors (Lipinski definition) is 1. The lowest BCUT2D eigenvalue weighted by Crippen LogP contribution is -2.56. The summed E-state index contributed by atoms with van der Waals surface area (Å²) in [6.45, 7) is 0.585. The molecule has 0 radical (unpaired) electrons. The highest BCUT2D eigenvalue weighted by molar-refractivity contribution is 8.16. The smallest absolute Gasteiger partial charge is 0.361 e. The van der Waals surface area contributed by atoms with Gasteiger partial charge in [0.2, 0.25) is 10.7 Å². The van der Waals surface area contributed by atoms with Gasteiger partial charge in [-0.3, -0.25) is 9.59 Å². The predicted octanol–water partition coefficient (Wildman–Crippen LogP) is 3.34. The Labute approximate surface area is 172 Å². The Morgan fingerprint density at radius 2 is 1.83 bits per heavy atom. The number of alkyl halides is 3. The fourth-order valence-corrected chi connectivity index (χ4v) is 7.09. The zero-order valence-corrected chi connectivity index (χ0v) is 17.0. The van der Waals surface area contributed by atoms with Crippen LogP contribution in [-0.2, 0) is 9.59 Å². The van der Waals surface area contributed by atoms with Gasteiger partial charge in [0.25, 0.3) is 5.91 Å². The zero-order valence-electron chi connectivity index (χ0n) is 16.2. The summed E-state index contributed by atoms with van der Waals surface area (Å²) in [5, 5.41) is 3.32. The van der Waals surface area contributed by atoms with Gasteiger partial charge in [0, 0.05) is 25.0 Å². The van der Waals surface area contributed by atoms with Crippen molar-refractivity contribution < 1.29 is 22.8 Å². The van der Waals surface area contributed by atoms with Crippen LogP contribution in [0.15, 0.2) is 4.99 Å². The number of rotatable bonds is 3. The second kappa shape index (κ2) is 6.89. The highest BCUT2D eigenvalue weighted by Gasteiger charge is 2.68. The van der Waals surface area contributed by atoms with Gasteiger partial charge in [-0.15, -0.1) is 0 Å². The Hall–Kier alpha value is -1.25.